The minimum atomic E-state index is 0.547. The van der Waals surface area contributed by atoms with E-state index in [9.17, 15) is 0 Å². The summed E-state index contributed by atoms with van der Waals surface area (Å²) in [5.41, 5.74) is 9.35. The minimum Gasteiger partial charge on any atom is -0.383 e. The molecule has 0 saturated carbocycles. The molecular formula is C18H23N5. The summed E-state index contributed by atoms with van der Waals surface area (Å²) in [6, 6.07) is 10.3. The van der Waals surface area contributed by atoms with Gasteiger partial charge in [0.25, 0.3) is 0 Å². The van der Waals surface area contributed by atoms with E-state index < -0.39 is 0 Å². The van der Waals surface area contributed by atoms with E-state index in [1.807, 2.05) is 18.2 Å². The smallest absolute Gasteiger partial charge is 0.226 e. The normalized spacial score (nSPS) is 13.3. The van der Waals surface area contributed by atoms with Gasteiger partial charge < -0.3 is 16.0 Å². The largest absolute Gasteiger partial charge is 0.383 e. The number of hydrogen-bond donors (Lipinski definition) is 2. The summed E-state index contributed by atoms with van der Waals surface area (Å²) in [5.74, 6) is 2.03. The molecule has 120 valence electrons. The van der Waals surface area contributed by atoms with Crippen molar-refractivity contribution in [3.05, 3.63) is 53.7 Å². The zero-order chi connectivity index (χ0) is 16.2. The molecule has 0 bridgehead atoms. The highest BCUT2D eigenvalue weighted by Crippen LogP contribution is 2.36. The Morgan fingerprint density at radius 1 is 1.26 bits per heavy atom. The highest BCUT2D eigenvalue weighted by molar-refractivity contribution is 5.68. The number of allylic oxidation sites excluding steroid dienone is 1. The molecule has 3 N–H and O–H groups in total. The van der Waals surface area contributed by atoms with Crippen molar-refractivity contribution >= 4 is 17.6 Å². The Bertz CT molecular complexity index is 696. The van der Waals surface area contributed by atoms with Crippen LogP contribution in [0.3, 0.4) is 0 Å². The quantitative estimate of drug-likeness (QED) is 0.801. The zero-order valence-electron chi connectivity index (χ0n) is 13.5. The summed E-state index contributed by atoms with van der Waals surface area (Å²) in [6.07, 6.45) is 2.92. The van der Waals surface area contributed by atoms with Crippen LogP contribution >= 0.6 is 0 Å². The van der Waals surface area contributed by atoms with Gasteiger partial charge in [-0.1, -0.05) is 50.3 Å². The second-order valence-electron chi connectivity index (χ2n) is 5.83. The lowest BCUT2D eigenvalue weighted by Crippen LogP contribution is -2.19. The summed E-state index contributed by atoms with van der Waals surface area (Å²) >= 11 is 0. The molecule has 3 rings (SSSR count). The van der Waals surface area contributed by atoms with Gasteiger partial charge in [0.05, 0.1) is 0 Å². The number of unbranched alkanes of at least 4 members (excludes halogenated alkanes) is 1. The summed E-state index contributed by atoms with van der Waals surface area (Å²) < 4.78 is 0. The predicted molar refractivity (Wildman–Crippen MR) is 95.3 cm³/mol. The second-order valence-corrected chi connectivity index (χ2v) is 5.83. The van der Waals surface area contributed by atoms with Crippen molar-refractivity contribution < 1.29 is 0 Å². The van der Waals surface area contributed by atoms with Gasteiger partial charge in [-0.15, -0.1) is 0 Å². The van der Waals surface area contributed by atoms with E-state index in [-0.39, 0.29) is 0 Å². The first-order valence-electron chi connectivity index (χ1n) is 8.08. The van der Waals surface area contributed by atoms with E-state index in [0.717, 1.165) is 43.0 Å². The summed E-state index contributed by atoms with van der Waals surface area (Å²) in [5, 5.41) is 3.26. The first-order valence-corrected chi connectivity index (χ1v) is 8.08. The van der Waals surface area contributed by atoms with Crippen LogP contribution < -0.4 is 16.0 Å². The van der Waals surface area contributed by atoms with E-state index in [1.165, 1.54) is 5.56 Å². The van der Waals surface area contributed by atoms with Crippen LogP contribution in [0.25, 0.3) is 0 Å². The maximum atomic E-state index is 6.14. The number of nitrogens with zero attached hydrogens (tertiary/aromatic N) is 3. The van der Waals surface area contributed by atoms with E-state index in [0.29, 0.717) is 18.2 Å². The van der Waals surface area contributed by atoms with Crippen molar-refractivity contribution in [3.63, 3.8) is 0 Å². The van der Waals surface area contributed by atoms with Gasteiger partial charge >= 0.3 is 0 Å². The Balaban J connectivity index is 1.86. The Hall–Kier alpha value is -2.56. The molecular weight excluding hydrogens is 286 g/mol. The fourth-order valence-corrected chi connectivity index (χ4v) is 2.74. The average Bonchev–Trinajstić information content (AvgIpc) is 2.86. The van der Waals surface area contributed by atoms with E-state index >= 15 is 0 Å². The van der Waals surface area contributed by atoms with Crippen LogP contribution in [0.1, 0.15) is 30.9 Å². The molecule has 0 radical (unpaired) electrons. The van der Waals surface area contributed by atoms with Crippen molar-refractivity contribution in [1.82, 2.24) is 9.97 Å². The molecule has 1 aromatic heterocycles. The molecule has 1 aliphatic heterocycles. The molecule has 0 atom stereocenters. The number of aromatic nitrogens is 2. The zero-order valence-corrected chi connectivity index (χ0v) is 13.5. The average molecular weight is 309 g/mol. The molecule has 23 heavy (non-hydrogen) atoms. The third kappa shape index (κ3) is 3.28. The van der Waals surface area contributed by atoms with Crippen LogP contribution in [0.5, 0.6) is 0 Å². The topological polar surface area (TPSA) is 67.1 Å². The highest BCUT2D eigenvalue weighted by Gasteiger charge is 2.27. The summed E-state index contributed by atoms with van der Waals surface area (Å²) in [7, 11) is 0. The minimum absolute atomic E-state index is 0.547. The molecule has 1 aliphatic rings. The van der Waals surface area contributed by atoms with Crippen molar-refractivity contribution in [2.45, 2.75) is 32.7 Å². The third-order valence-corrected chi connectivity index (χ3v) is 4.03. The molecule has 0 saturated heterocycles. The van der Waals surface area contributed by atoms with Crippen molar-refractivity contribution in [1.29, 1.82) is 0 Å². The highest BCUT2D eigenvalue weighted by atomic mass is 15.3. The number of rotatable bonds is 6. The van der Waals surface area contributed by atoms with Crippen LogP contribution in [0.15, 0.2) is 42.6 Å². The van der Waals surface area contributed by atoms with Crippen LogP contribution in [0.2, 0.25) is 0 Å². The third-order valence-electron chi connectivity index (χ3n) is 4.03. The lowest BCUT2D eigenvalue weighted by Gasteiger charge is -2.20. The van der Waals surface area contributed by atoms with Gasteiger partial charge in [-0.2, -0.15) is 9.97 Å². The fraction of sp³-hybridized carbons (Fsp3) is 0.333. The van der Waals surface area contributed by atoms with Gasteiger partial charge in [0, 0.05) is 30.8 Å². The lowest BCUT2D eigenvalue weighted by atomic mass is 10.2. The number of nitrogens with one attached hydrogen (secondary N) is 1. The van der Waals surface area contributed by atoms with Crippen LogP contribution in [0, 0.1) is 0 Å². The van der Waals surface area contributed by atoms with Gasteiger partial charge in [-0.3, -0.25) is 0 Å². The van der Waals surface area contributed by atoms with Gasteiger partial charge in [0.15, 0.2) is 0 Å². The number of fused-ring (bicyclic) bond motifs is 1. The number of nitrogens with two attached hydrogens (primary N) is 1. The van der Waals surface area contributed by atoms with E-state index in [4.69, 9.17) is 5.73 Å². The lowest BCUT2D eigenvalue weighted by molar-refractivity contribution is 0.825. The van der Waals surface area contributed by atoms with Gasteiger partial charge in [-0.25, -0.2) is 0 Å². The number of anilines is 3. The monoisotopic (exact) mass is 309 g/mol. The molecule has 2 heterocycles. The Morgan fingerprint density at radius 3 is 2.78 bits per heavy atom. The maximum Gasteiger partial charge on any atom is 0.226 e. The van der Waals surface area contributed by atoms with Crippen molar-refractivity contribution in [3.8, 4) is 0 Å². The van der Waals surface area contributed by atoms with Crippen molar-refractivity contribution in [2.24, 2.45) is 0 Å². The summed E-state index contributed by atoms with van der Waals surface area (Å²) in [4.78, 5) is 11.2. The molecule has 0 aliphatic carbocycles. The van der Waals surface area contributed by atoms with Crippen molar-refractivity contribution in [2.75, 3.05) is 22.5 Å². The Morgan fingerprint density at radius 2 is 2.04 bits per heavy atom. The van der Waals surface area contributed by atoms with E-state index in [1.54, 1.807) is 0 Å². The molecule has 0 spiro atoms. The first-order chi connectivity index (χ1) is 11.2. The number of benzene rings is 1. The maximum absolute atomic E-state index is 6.14. The Kier molecular flexibility index (Phi) is 4.46. The van der Waals surface area contributed by atoms with Gasteiger partial charge in [0.2, 0.25) is 5.95 Å². The van der Waals surface area contributed by atoms with Crippen LogP contribution in [-0.2, 0) is 13.0 Å². The van der Waals surface area contributed by atoms with Crippen LogP contribution in [-0.4, -0.2) is 16.5 Å². The molecule has 5 heteroatoms. The SMILES string of the molecule is C=C1Cc2c(N)nc(NCCCC)nc2N1Cc1ccccc1. The predicted octanol–water partition coefficient (Wildman–Crippen LogP) is 3.35. The van der Waals surface area contributed by atoms with Gasteiger partial charge in [-0.05, 0) is 12.0 Å². The standard InChI is InChI=1S/C18H23N5/c1-3-4-10-20-18-21-16(19)15-11-13(2)23(17(15)22-18)12-14-8-6-5-7-9-14/h5-9H,2-4,10-12H2,1H3,(H3,19,20,21,22). The molecule has 0 fully saturated rings. The summed E-state index contributed by atoms with van der Waals surface area (Å²) in [6.45, 7) is 7.94. The fourth-order valence-electron chi connectivity index (χ4n) is 2.74. The molecule has 5 nitrogen and oxygen atoms in total. The molecule has 0 unspecified atom stereocenters. The Labute approximate surface area is 137 Å². The number of hydrogen-bond acceptors (Lipinski definition) is 5. The number of nitrogen functional groups attached to an aromatic ring is 1. The molecule has 1 aromatic carbocycles. The molecule has 0 amide bonds. The van der Waals surface area contributed by atoms with E-state index in [2.05, 4.69) is 45.8 Å². The molecule has 2 aromatic rings. The second kappa shape index (κ2) is 6.69. The first kappa shape index (κ1) is 15.3. The van der Waals surface area contributed by atoms with Gasteiger partial charge in [0.1, 0.15) is 11.6 Å². The van der Waals surface area contributed by atoms with Crippen LogP contribution in [0.4, 0.5) is 17.6 Å².